The predicted molar refractivity (Wildman–Crippen MR) is 507 cm³/mol. The van der Waals surface area contributed by atoms with Gasteiger partial charge in [-0.1, -0.05) is 221 Å². The molecule has 2 aliphatic heterocycles. The fourth-order valence-corrected chi connectivity index (χ4v) is 20.4. The van der Waals surface area contributed by atoms with Gasteiger partial charge < -0.3 is 27.4 Å². The Morgan fingerprint density at radius 2 is 0.368 bits per heavy atom. The van der Waals surface area contributed by atoms with Crippen LogP contribution >= 0.6 is 0 Å². The van der Waals surface area contributed by atoms with E-state index >= 15 is 0 Å². The van der Waals surface area contributed by atoms with Gasteiger partial charge in [-0.15, -0.1) is 0 Å². The molecule has 0 bridgehead atoms. The van der Waals surface area contributed by atoms with E-state index in [1.807, 2.05) is 0 Å². The minimum absolute atomic E-state index is 0.0324. The molecule has 117 heavy (non-hydrogen) atoms. The van der Waals surface area contributed by atoms with E-state index in [1.54, 1.807) is 0 Å². The Balaban J connectivity index is 0.906. The van der Waals surface area contributed by atoms with Crippen LogP contribution in [0.15, 0.2) is 224 Å². The summed E-state index contributed by atoms with van der Waals surface area (Å²) in [7, 11) is 0. The van der Waals surface area contributed by atoms with Gasteiger partial charge in [0.1, 0.15) is 0 Å². The molecule has 0 saturated carbocycles. The second-order valence-corrected chi connectivity index (χ2v) is 43.3. The van der Waals surface area contributed by atoms with E-state index in [-0.39, 0.29) is 50.0 Å². The molecule has 0 aliphatic carbocycles. The molecular weight excluding hydrogens is 1420 g/mol. The van der Waals surface area contributed by atoms with Crippen LogP contribution in [-0.2, 0) is 43.3 Å². The summed E-state index contributed by atoms with van der Waals surface area (Å²) in [6, 6.07) is 90.9. The van der Waals surface area contributed by atoms with Crippen LogP contribution < -0.4 is 16.4 Å². The van der Waals surface area contributed by atoms with Crippen LogP contribution in [0.4, 0.5) is 0 Å². The first-order valence-electron chi connectivity index (χ1n) is 42.8. The van der Waals surface area contributed by atoms with Crippen LogP contribution in [0.2, 0.25) is 0 Å². The van der Waals surface area contributed by atoms with Crippen molar-refractivity contribution < 1.29 is 0 Å². The van der Waals surface area contributed by atoms with Crippen LogP contribution in [0.25, 0.3) is 165 Å². The highest BCUT2D eigenvalue weighted by molar-refractivity contribution is 7.00. The summed E-state index contributed by atoms with van der Waals surface area (Å²) in [5, 5.41) is 15.2. The fourth-order valence-electron chi connectivity index (χ4n) is 20.4. The molecule has 0 atom stereocenters. The van der Waals surface area contributed by atoms with Gasteiger partial charge >= 0.3 is 0 Å². The van der Waals surface area contributed by atoms with Gasteiger partial charge in [-0.05, 0) is 274 Å². The van der Waals surface area contributed by atoms with E-state index in [2.05, 4.69) is 418 Å². The fraction of sp³-hybridized carbons (Fsp3) is 0.291. The normalized spacial score (nSPS) is 14.0. The zero-order valence-corrected chi connectivity index (χ0v) is 73.1. The average molecular weight is 1530 g/mol. The molecule has 582 valence electrons. The van der Waals surface area contributed by atoms with E-state index in [0.29, 0.717) is 0 Å². The molecule has 7 heteroatoms. The lowest BCUT2D eigenvalue weighted by molar-refractivity contribution is 0.590. The Morgan fingerprint density at radius 3 is 0.590 bits per heavy atom. The molecule has 6 aromatic heterocycles. The van der Waals surface area contributed by atoms with Crippen LogP contribution in [0.5, 0.6) is 0 Å². The van der Waals surface area contributed by atoms with Crippen molar-refractivity contribution in [2.24, 2.45) is 0 Å². The lowest BCUT2D eigenvalue weighted by Crippen LogP contribution is -2.59. The number of nitrogens with zero attached hydrogens (tertiary/aromatic N) is 6. The molecule has 6 nitrogen and oxygen atoms in total. The topological polar surface area (TPSA) is 29.6 Å². The predicted octanol–water partition coefficient (Wildman–Crippen LogP) is 27.8. The van der Waals surface area contributed by atoms with E-state index in [9.17, 15) is 0 Å². The monoisotopic (exact) mass is 1520 g/mol. The first-order valence-corrected chi connectivity index (χ1v) is 42.8. The average Bonchev–Trinajstić information content (AvgIpc) is 1.52. The molecule has 0 N–H and O–H groups in total. The smallest absolute Gasteiger partial charge is 0.252 e. The van der Waals surface area contributed by atoms with Crippen molar-refractivity contribution >= 4 is 154 Å². The molecule has 0 spiro atoms. The van der Waals surface area contributed by atoms with Gasteiger partial charge in [-0.3, -0.25) is 0 Å². The molecule has 0 amide bonds. The summed E-state index contributed by atoms with van der Waals surface area (Å²) in [4.78, 5) is 0. The van der Waals surface area contributed by atoms with Crippen LogP contribution in [0.3, 0.4) is 0 Å². The Morgan fingerprint density at radius 1 is 0.179 bits per heavy atom. The van der Waals surface area contributed by atoms with Crippen molar-refractivity contribution in [1.29, 1.82) is 0 Å². The molecule has 2 aliphatic rings. The maximum absolute atomic E-state index is 2.68. The summed E-state index contributed by atoms with van der Waals surface area (Å²) in [6.07, 6.45) is 0. The Labute approximate surface area is 689 Å². The Kier molecular flexibility index (Phi) is 14.9. The zero-order valence-electron chi connectivity index (χ0n) is 73.1. The molecule has 13 aromatic carbocycles. The maximum Gasteiger partial charge on any atom is 0.252 e. The number of fused-ring (bicyclic) bond motifs is 22. The van der Waals surface area contributed by atoms with Gasteiger partial charge in [-0.25, -0.2) is 0 Å². The number of hydrogen-bond donors (Lipinski definition) is 0. The van der Waals surface area contributed by atoms with Gasteiger partial charge in [0.15, 0.2) is 0 Å². The quantitative estimate of drug-likeness (QED) is 0.157. The number of benzene rings is 13. The van der Waals surface area contributed by atoms with E-state index in [0.717, 1.165) is 22.7 Å². The SMILES string of the molecule is CC(C)(C)c1ccc2c(c1)c1cc(C(C)(C)C)ccc1n2-c1ccc2c(c1)c1cc(-n3c4ccc(C(C)(C)C)cc4c4cc(C(C)(C)C)ccc43)cc3c1n2-c1cccc2c1B3c1cc(-n3c4ccc(C(C)(C)C)cc4c4cc(C(C)(C)C)ccc43)cc3c4cc(-n5c6ccc(C(C)(C)C)cc6c6cc(C(C)(C)C)ccc65)ccc4n-2c13. The first-order chi connectivity index (χ1) is 55.1. The summed E-state index contributed by atoms with van der Waals surface area (Å²) >= 11 is 0. The largest absolute Gasteiger partial charge is 0.310 e. The van der Waals surface area contributed by atoms with E-state index in [4.69, 9.17) is 0 Å². The molecule has 21 rings (SSSR count). The van der Waals surface area contributed by atoms with Gasteiger partial charge in [-0.2, -0.15) is 0 Å². The summed E-state index contributed by atoms with van der Waals surface area (Å²) in [5.41, 5.74) is 35.8. The number of aromatic nitrogens is 6. The molecule has 0 fully saturated rings. The molecule has 0 unspecified atom stereocenters. The van der Waals surface area contributed by atoms with E-state index in [1.165, 1.54) is 203 Å². The van der Waals surface area contributed by atoms with Gasteiger partial charge in [0.25, 0.3) is 6.71 Å². The van der Waals surface area contributed by atoms with Crippen molar-refractivity contribution in [1.82, 2.24) is 27.4 Å². The van der Waals surface area contributed by atoms with Crippen LogP contribution in [-0.4, -0.2) is 34.1 Å². The zero-order chi connectivity index (χ0) is 81.9. The highest BCUT2D eigenvalue weighted by Gasteiger charge is 2.43. The Hall–Kier alpha value is -11.3. The molecule has 0 saturated heterocycles. The summed E-state index contributed by atoms with van der Waals surface area (Å²) < 4.78 is 15.7. The number of hydrogen-bond acceptors (Lipinski definition) is 0. The molecular formula is C110H109BN6. The lowest BCUT2D eigenvalue weighted by atomic mass is 9.34. The number of rotatable bonds is 4. The highest BCUT2D eigenvalue weighted by atomic mass is 15.1. The highest BCUT2D eigenvalue weighted by Crippen LogP contribution is 2.49. The van der Waals surface area contributed by atoms with Crippen molar-refractivity contribution in [2.75, 3.05) is 0 Å². The van der Waals surface area contributed by atoms with Gasteiger partial charge in [0.05, 0.1) is 55.2 Å². The van der Waals surface area contributed by atoms with Crippen LogP contribution in [0, 0.1) is 0 Å². The third kappa shape index (κ3) is 10.7. The molecule has 0 radical (unpaired) electrons. The van der Waals surface area contributed by atoms with Crippen LogP contribution in [0.1, 0.15) is 211 Å². The molecule has 19 aromatic rings. The maximum atomic E-state index is 2.68. The second kappa shape index (κ2) is 23.8. The van der Waals surface area contributed by atoms with Crippen molar-refractivity contribution in [2.45, 2.75) is 209 Å². The summed E-state index contributed by atoms with van der Waals surface area (Å²) in [6.45, 7) is 56.1. The second-order valence-electron chi connectivity index (χ2n) is 43.3. The summed E-state index contributed by atoms with van der Waals surface area (Å²) in [5.74, 6) is 0. The third-order valence-electron chi connectivity index (χ3n) is 27.2. The van der Waals surface area contributed by atoms with Gasteiger partial charge in [0, 0.05) is 110 Å². The minimum Gasteiger partial charge on any atom is -0.310 e. The first kappa shape index (κ1) is 73.4. The molecule has 8 heterocycles. The van der Waals surface area contributed by atoms with Gasteiger partial charge in [0.2, 0.25) is 0 Å². The minimum atomic E-state index is -0.215. The van der Waals surface area contributed by atoms with E-state index < -0.39 is 0 Å². The third-order valence-corrected chi connectivity index (χ3v) is 27.2. The van der Waals surface area contributed by atoms with Crippen molar-refractivity contribution in [3.8, 4) is 34.1 Å². The Bertz CT molecular complexity index is 6890. The van der Waals surface area contributed by atoms with Crippen molar-refractivity contribution in [3.63, 3.8) is 0 Å². The standard InChI is InChI=1S/C110H109BN6/c1-103(2,3)62-28-38-88-74(48-62)75-49-63(104(4,5)6)29-39-89(75)112(88)70-36-46-96-82(56-70)84-58-72(114-92-42-32-66(107(13,14)15)52-78(92)79-53-67(108(16,17)18)33-43-93(79)114)60-86-101(84)116(96)98-26-25-27-99-100(98)111(86)87-61-73(115-94-44-34-68(109(19,20)21)54-80(94)81-55-69(110(22,23)24)35-45-95(81)115)59-85-83-57-71(37-47-97(83)117(99)102(85)87)113-90-40-30-64(105(7,8)9)50-76(90)77-51-65(106(10,11)12)31-41-91(77)113/h25-61H,1-24H3. The lowest BCUT2D eigenvalue weighted by Gasteiger charge is -2.34. The van der Waals surface area contributed by atoms with Crippen molar-refractivity contribution in [3.05, 3.63) is 269 Å².